The summed E-state index contributed by atoms with van der Waals surface area (Å²) in [6.45, 7) is 6.22. The zero-order valence-corrected chi connectivity index (χ0v) is 12.9. The van der Waals surface area contributed by atoms with Crippen molar-refractivity contribution in [2.75, 3.05) is 0 Å². The molecule has 2 rings (SSSR count). The smallest absolute Gasteiger partial charge is 0.407 e. The monoisotopic (exact) mass is 290 g/mol. The van der Waals surface area contributed by atoms with Gasteiger partial charge in [-0.15, -0.1) is 0 Å². The van der Waals surface area contributed by atoms with Crippen molar-refractivity contribution in [3.63, 3.8) is 0 Å². The Morgan fingerprint density at radius 2 is 2.24 bits per heavy atom. The van der Waals surface area contributed by atoms with Gasteiger partial charge in [-0.1, -0.05) is 0 Å². The molecule has 1 amide bonds. The van der Waals surface area contributed by atoms with Gasteiger partial charge in [-0.2, -0.15) is 5.26 Å². The van der Waals surface area contributed by atoms with Gasteiger partial charge in [0.05, 0.1) is 0 Å². The first-order valence-corrected chi connectivity index (χ1v) is 7.07. The molecule has 0 saturated heterocycles. The maximum Gasteiger partial charge on any atom is 0.407 e. The number of aryl methyl sites for hydroxylation is 1. The predicted molar refractivity (Wildman–Crippen MR) is 78.5 cm³/mol. The van der Waals surface area contributed by atoms with E-state index in [0.717, 1.165) is 12.0 Å². The molecular weight excluding hydrogens is 268 g/mol. The number of amides is 1. The summed E-state index contributed by atoms with van der Waals surface area (Å²) in [5, 5.41) is 15.1. The molecule has 21 heavy (non-hydrogen) atoms. The summed E-state index contributed by atoms with van der Waals surface area (Å²) in [4.78, 5) is 11.6. The third-order valence-corrected chi connectivity index (χ3v) is 3.24. The van der Waals surface area contributed by atoms with Gasteiger partial charge in [-0.05, 0) is 38.8 Å². The fourth-order valence-corrected chi connectivity index (χ4v) is 2.13. The number of rotatable bonds is 4. The van der Waals surface area contributed by atoms with E-state index in [0.29, 0.717) is 12.2 Å². The van der Waals surface area contributed by atoms with E-state index >= 15 is 0 Å². The van der Waals surface area contributed by atoms with Gasteiger partial charge in [0.15, 0.2) is 0 Å². The summed E-state index contributed by atoms with van der Waals surface area (Å²) < 4.78 is 7.02. The Bertz CT molecular complexity index is 565. The second-order valence-electron chi connectivity index (χ2n) is 6.43. The maximum absolute atomic E-state index is 11.6. The molecule has 1 fully saturated rings. The van der Waals surface area contributed by atoms with Gasteiger partial charge < -0.3 is 19.9 Å². The molecule has 0 spiro atoms. The third-order valence-electron chi connectivity index (χ3n) is 3.24. The van der Waals surface area contributed by atoms with Crippen molar-refractivity contribution in [2.45, 2.75) is 51.4 Å². The van der Waals surface area contributed by atoms with E-state index in [1.807, 2.05) is 40.1 Å². The lowest BCUT2D eigenvalue weighted by Crippen LogP contribution is -2.36. The number of carbonyl (C=O) groups is 1. The van der Waals surface area contributed by atoms with E-state index < -0.39 is 5.60 Å². The largest absolute Gasteiger partial charge is 0.444 e. The molecule has 114 valence electrons. The van der Waals surface area contributed by atoms with Crippen molar-refractivity contribution in [3.05, 3.63) is 23.5 Å². The zero-order valence-electron chi connectivity index (χ0n) is 12.9. The lowest BCUT2D eigenvalue weighted by Gasteiger charge is -2.19. The minimum absolute atomic E-state index is 0.124. The summed E-state index contributed by atoms with van der Waals surface area (Å²) in [6, 6.07) is 4.39. The van der Waals surface area contributed by atoms with E-state index in [2.05, 4.69) is 16.7 Å². The van der Waals surface area contributed by atoms with Gasteiger partial charge in [-0.25, -0.2) is 4.79 Å². The van der Waals surface area contributed by atoms with Crippen LogP contribution in [0.25, 0.3) is 0 Å². The van der Waals surface area contributed by atoms with Gasteiger partial charge in [0.1, 0.15) is 17.4 Å². The molecule has 2 atom stereocenters. The molecule has 2 unspecified atom stereocenters. The van der Waals surface area contributed by atoms with Crippen LogP contribution in [0.1, 0.15) is 38.4 Å². The number of nitriles is 1. The molecule has 1 aromatic heterocycles. The minimum atomic E-state index is -0.473. The van der Waals surface area contributed by atoms with Crippen LogP contribution in [0.3, 0.4) is 0 Å². The number of aromatic nitrogens is 1. The van der Waals surface area contributed by atoms with E-state index in [9.17, 15) is 4.79 Å². The van der Waals surface area contributed by atoms with Crippen molar-refractivity contribution in [1.29, 1.82) is 5.26 Å². The second-order valence-corrected chi connectivity index (χ2v) is 6.43. The second kappa shape index (κ2) is 5.78. The fourth-order valence-electron chi connectivity index (χ4n) is 2.13. The van der Waals surface area contributed by atoms with Crippen molar-refractivity contribution in [2.24, 2.45) is 7.05 Å². The Kier molecular flexibility index (Phi) is 4.24. The van der Waals surface area contributed by atoms with Crippen LogP contribution in [-0.2, 0) is 18.3 Å². The molecular formula is C15H22N4O2. The molecule has 1 heterocycles. The first-order chi connectivity index (χ1) is 9.78. The molecule has 0 aliphatic heterocycles. The van der Waals surface area contributed by atoms with E-state index in [4.69, 9.17) is 10.00 Å². The van der Waals surface area contributed by atoms with Crippen LogP contribution < -0.4 is 10.6 Å². The van der Waals surface area contributed by atoms with Gasteiger partial charge in [0, 0.05) is 31.9 Å². The van der Waals surface area contributed by atoms with Gasteiger partial charge in [-0.3, -0.25) is 0 Å². The number of nitrogens with zero attached hydrogens (tertiary/aromatic N) is 2. The number of carbonyl (C=O) groups excluding carboxylic acids is 1. The van der Waals surface area contributed by atoms with Gasteiger partial charge in [0.25, 0.3) is 0 Å². The van der Waals surface area contributed by atoms with Crippen molar-refractivity contribution in [3.8, 4) is 6.07 Å². The van der Waals surface area contributed by atoms with Crippen LogP contribution in [0.15, 0.2) is 12.3 Å². The molecule has 1 saturated carbocycles. The molecule has 0 bridgehead atoms. The number of hydrogen-bond acceptors (Lipinski definition) is 4. The quantitative estimate of drug-likeness (QED) is 0.883. The molecule has 6 heteroatoms. The zero-order chi connectivity index (χ0) is 15.6. The summed E-state index contributed by atoms with van der Waals surface area (Å²) in [6.07, 6.45) is 2.46. The third kappa shape index (κ3) is 4.50. The summed E-state index contributed by atoms with van der Waals surface area (Å²) in [5.41, 5.74) is 1.24. The average molecular weight is 290 g/mol. The van der Waals surface area contributed by atoms with E-state index in [1.54, 1.807) is 4.57 Å². The number of nitrogens with one attached hydrogen (secondary N) is 2. The summed E-state index contributed by atoms with van der Waals surface area (Å²) >= 11 is 0. The standard InChI is InChI=1S/C15H22N4O2/c1-15(2,3)21-14(20)18-13-6-12(13)17-8-10-5-11(7-16)19(4)9-10/h5,9,12-13,17H,6,8H2,1-4H3,(H,18,20). The van der Waals surface area contributed by atoms with Crippen LogP contribution in [0.5, 0.6) is 0 Å². The predicted octanol–water partition coefficient (Wildman–Crippen LogP) is 1.65. The lowest BCUT2D eigenvalue weighted by atomic mass is 10.2. The molecule has 0 aromatic carbocycles. The molecule has 0 radical (unpaired) electrons. The molecule has 1 aliphatic rings. The van der Waals surface area contributed by atoms with Gasteiger partial charge >= 0.3 is 6.09 Å². The molecule has 2 N–H and O–H groups in total. The van der Waals surface area contributed by atoms with E-state index in [1.165, 1.54) is 0 Å². The molecule has 6 nitrogen and oxygen atoms in total. The lowest BCUT2D eigenvalue weighted by molar-refractivity contribution is 0.0522. The van der Waals surface area contributed by atoms with Crippen LogP contribution in [-0.4, -0.2) is 28.3 Å². The normalized spacial score (nSPS) is 20.7. The minimum Gasteiger partial charge on any atom is -0.444 e. The molecule has 1 aromatic rings. The fraction of sp³-hybridized carbons (Fsp3) is 0.600. The van der Waals surface area contributed by atoms with Crippen LogP contribution in [0, 0.1) is 11.3 Å². The maximum atomic E-state index is 11.6. The van der Waals surface area contributed by atoms with Crippen molar-refractivity contribution < 1.29 is 9.53 Å². The number of alkyl carbamates (subject to hydrolysis) is 1. The first kappa shape index (κ1) is 15.4. The Morgan fingerprint density at radius 1 is 1.52 bits per heavy atom. The number of hydrogen-bond donors (Lipinski definition) is 2. The highest BCUT2D eigenvalue weighted by atomic mass is 16.6. The highest BCUT2D eigenvalue weighted by molar-refractivity contribution is 5.68. The SMILES string of the molecule is Cn1cc(CNC2CC2NC(=O)OC(C)(C)C)cc1C#N. The van der Waals surface area contributed by atoms with Crippen LogP contribution in [0.2, 0.25) is 0 Å². The highest BCUT2D eigenvalue weighted by Gasteiger charge is 2.38. The Morgan fingerprint density at radius 3 is 2.81 bits per heavy atom. The van der Waals surface area contributed by atoms with Gasteiger partial charge in [0.2, 0.25) is 0 Å². The summed E-state index contributed by atoms with van der Waals surface area (Å²) in [7, 11) is 1.85. The van der Waals surface area contributed by atoms with E-state index in [-0.39, 0.29) is 18.2 Å². The first-order valence-electron chi connectivity index (χ1n) is 7.07. The van der Waals surface area contributed by atoms with Crippen LogP contribution in [0.4, 0.5) is 4.79 Å². The highest BCUT2D eigenvalue weighted by Crippen LogP contribution is 2.22. The number of ether oxygens (including phenoxy) is 1. The summed E-state index contributed by atoms with van der Waals surface area (Å²) in [5.74, 6) is 0. The Hall–Kier alpha value is -2.00. The Labute approximate surface area is 125 Å². The molecule has 1 aliphatic carbocycles. The average Bonchev–Trinajstić information content (AvgIpc) is 2.97. The van der Waals surface area contributed by atoms with Crippen molar-refractivity contribution >= 4 is 6.09 Å². The van der Waals surface area contributed by atoms with Crippen LogP contribution >= 0.6 is 0 Å². The topological polar surface area (TPSA) is 79.1 Å². The Balaban J connectivity index is 1.72. The van der Waals surface area contributed by atoms with Crippen molar-refractivity contribution in [1.82, 2.24) is 15.2 Å².